The van der Waals surface area contributed by atoms with Gasteiger partial charge in [-0.25, -0.2) is 9.18 Å². The lowest BCUT2D eigenvalue weighted by molar-refractivity contribution is -0.148. The number of halogens is 1. The highest BCUT2D eigenvalue weighted by molar-refractivity contribution is 6.08. The van der Waals surface area contributed by atoms with Crippen LogP contribution < -0.4 is 10.1 Å². The maximum atomic E-state index is 12.8. The lowest BCUT2D eigenvalue weighted by atomic mass is 9.88. The number of amides is 3. The minimum atomic E-state index is -0.924. The van der Waals surface area contributed by atoms with Crippen LogP contribution in [0.3, 0.4) is 0 Å². The first-order chi connectivity index (χ1) is 12.9. The number of carbonyl (C=O) groups excluding carboxylic acids is 3. The van der Waals surface area contributed by atoms with Crippen molar-refractivity contribution in [3.63, 3.8) is 0 Å². The summed E-state index contributed by atoms with van der Waals surface area (Å²) in [5, 5.41) is 2.74. The van der Waals surface area contributed by atoms with E-state index in [1.54, 1.807) is 0 Å². The Morgan fingerprint density at radius 2 is 1.74 bits per heavy atom. The van der Waals surface area contributed by atoms with Gasteiger partial charge < -0.3 is 14.8 Å². The fourth-order valence-corrected chi connectivity index (χ4v) is 3.16. The molecule has 0 saturated carbocycles. The standard InChI is InChI=1S/C19H25FN2O5/c1-3-9-19(10-4-2)17(24)22(18(25)21-19)13-16(23)27-12-11-26-15-7-5-14(20)6-8-15/h5-8H,3-4,9-13H2,1-2H3,(H,21,25). The minimum absolute atomic E-state index is 0.0467. The summed E-state index contributed by atoms with van der Waals surface area (Å²) in [5.41, 5.74) is -0.924. The van der Waals surface area contributed by atoms with Gasteiger partial charge in [0.1, 0.15) is 36.9 Å². The third-order valence-electron chi connectivity index (χ3n) is 4.32. The molecule has 1 aromatic rings. The quantitative estimate of drug-likeness (QED) is 0.383. The number of hydrogen-bond acceptors (Lipinski definition) is 5. The van der Waals surface area contributed by atoms with E-state index in [9.17, 15) is 18.8 Å². The molecule has 1 heterocycles. The third kappa shape index (κ3) is 5.18. The molecule has 7 nitrogen and oxygen atoms in total. The van der Waals surface area contributed by atoms with E-state index in [2.05, 4.69) is 5.32 Å². The first kappa shape index (κ1) is 20.7. The van der Waals surface area contributed by atoms with Crippen LogP contribution in [0.4, 0.5) is 9.18 Å². The topological polar surface area (TPSA) is 84.9 Å². The number of hydrogen-bond donors (Lipinski definition) is 1. The van der Waals surface area contributed by atoms with Gasteiger partial charge in [-0.1, -0.05) is 26.7 Å². The summed E-state index contributed by atoms with van der Waals surface area (Å²) < 4.78 is 23.1. The fraction of sp³-hybridized carbons (Fsp3) is 0.526. The summed E-state index contributed by atoms with van der Waals surface area (Å²) in [6, 6.07) is 4.88. The molecule has 1 saturated heterocycles. The largest absolute Gasteiger partial charge is 0.490 e. The molecule has 0 bridgehead atoms. The second kappa shape index (κ2) is 9.34. The Hall–Kier alpha value is -2.64. The maximum absolute atomic E-state index is 12.8. The van der Waals surface area contributed by atoms with E-state index in [4.69, 9.17) is 9.47 Å². The first-order valence-electron chi connectivity index (χ1n) is 9.10. The molecule has 0 atom stereocenters. The van der Waals surface area contributed by atoms with Crippen molar-refractivity contribution >= 4 is 17.9 Å². The van der Waals surface area contributed by atoms with Gasteiger partial charge in [-0.2, -0.15) is 0 Å². The highest BCUT2D eigenvalue weighted by Crippen LogP contribution is 2.27. The van der Waals surface area contributed by atoms with Crippen LogP contribution in [-0.2, 0) is 14.3 Å². The zero-order valence-electron chi connectivity index (χ0n) is 15.6. The number of urea groups is 1. The lowest BCUT2D eigenvalue weighted by Gasteiger charge is -2.25. The monoisotopic (exact) mass is 380 g/mol. The number of nitrogens with one attached hydrogen (secondary N) is 1. The van der Waals surface area contributed by atoms with Gasteiger partial charge in [0.25, 0.3) is 5.91 Å². The molecule has 0 aliphatic carbocycles. The molecule has 1 N–H and O–H groups in total. The molecular formula is C19H25FN2O5. The van der Waals surface area contributed by atoms with Crippen molar-refractivity contribution in [2.45, 2.75) is 45.1 Å². The van der Waals surface area contributed by atoms with Gasteiger partial charge in [-0.15, -0.1) is 0 Å². The molecule has 1 aliphatic rings. The minimum Gasteiger partial charge on any atom is -0.490 e. The molecule has 0 spiro atoms. The Bertz CT molecular complexity index is 671. The molecule has 1 aliphatic heterocycles. The fourth-order valence-electron chi connectivity index (χ4n) is 3.16. The Morgan fingerprint density at radius 1 is 1.11 bits per heavy atom. The molecule has 0 aromatic heterocycles. The van der Waals surface area contributed by atoms with Crippen molar-refractivity contribution in [1.82, 2.24) is 10.2 Å². The summed E-state index contributed by atoms with van der Waals surface area (Å²) in [6.45, 7) is 3.47. The van der Waals surface area contributed by atoms with Crippen LogP contribution in [0.5, 0.6) is 5.75 Å². The summed E-state index contributed by atoms with van der Waals surface area (Å²) in [5.74, 6) is -0.990. The number of imide groups is 1. The van der Waals surface area contributed by atoms with Gasteiger partial charge in [-0.05, 0) is 37.1 Å². The van der Waals surface area contributed by atoms with E-state index in [0.29, 0.717) is 18.6 Å². The number of benzene rings is 1. The molecule has 2 rings (SSSR count). The van der Waals surface area contributed by atoms with Crippen LogP contribution in [0.15, 0.2) is 24.3 Å². The molecular weight excluding hydrogens is 355 g/mol. The second-order valence-corrected chi connectivity index (χ2v) is 6.43. The third-order valence-corrected chi connectivity index (χ3v) is 4.32. The van der Waals surface area contributed by atoms with Gasteiger partial charge in [0.05, 0.1) is 0 Å². The lowest BCUT2D eigenvalue weighted by Crippen LogP contribution is -2.47. The van der Waals surface area contributed by atoms with Crippen LogP contribution in [0.1, 0.15) is 39.5 Å². The Kier molecular flexibility index (Phi) is 7.15. The number of rotatable bonds is 10. The zero-order chi connectivity index (χ0) is 19.9. The Balaban J connectivity index is 1.81. The molecule has 27 heavy (non-hydrogen) atoms. The summed E-state index contributed by atoms with van der Waals surface area (Å²) in [7, 11) is 0. The molecule has 8 heteroatoms. The van der Waals surface area contributed by atoms with E-state index in [-0.39, 0.29) is 24.9 Å². The maximum Gasteiger partial charge on any atom is 0.326 e. The average molecular weight is 380 g/mol. The van der Waals surface area contributed by atoms with Crippen LogP contribution in [0, 0.1) is 5.82 Å². The highest BCUT2D eigenvalue weighted by Gasteiger charge is 2.50. The SMILES string of the molecule is CCCC1(CCC)NC(=O)N(CC(=O)OCCOc2ccc(F)cc2)C1=O. The predicted molar refractivity (Wildman–Crippen MR) is 95.6 cm³/mol. The number of ether oxygens (including phenoxy) is 2. The zero-order valence-corrected chi connectivity index (χ0v) is 15.6. The molecule has 0 radical (unpaired) electrons. The van der Waals surface area contributed by atoms with Gasteiger partial charge in [0.2, 0.25) is 0 Å². The van der Waals surface area contributed by atoms with Crippen molar-refractivity contribution < 1.29 is 28.2 Å². The number of esters is 1. The van der Waals surface area contributed by atoms with Crippen molar-refractivity contribution in [1.29, 1.82) is 0 Å². The van der Waals surface area contributed by atoms with Crippen molar-refractivity contribution in [2.75, 3.05) is 19.8 Å². The smallest absolute Gasteiger partial charge is 0.326 e. The Labute approximate surface area is 157 Å². The van der Waals surface area contributed by atoms with Gasteiger partial charge in [0.15, 0.2) is 0 Å². The molecule has 3 amide bonds. The summed E-state index contributed by atoms with van der Waals surface area (Å²) >= 11 is 0. The van der Waals surface area contributed by atoms with E-state index < -0.39 is 24.1 Å². The van der Waals surface area contributed by atoms with Crippen LogP contribution in [0.25, 0.3) is 0 Å². The van der Waals surface area contributed by atoms with Gasteiger partial charge in [-0.3, -0.25) is 14.5 Å². The second-order valence-electron chi connectivity index (χ2n) is 6.43. The molecule has 148 valence electrons. The average Bonchev–Trinajstić information content (AvgIpc) is 2.85. The van der Waals surface area contributed by atoms with Crippen LogP contribution >= 0.6 is 0 Å². The summed E-state index contributed by atoms with van der Waals surface area (Å²) in [4.78, 5) is 37.7. The normalized spacial score (nSPS) is 15.6. The summed E-state index contributed by atoms with van der Waals surface area (Å²) in [6.07, 6.45) is 2.54. The van der Waals surface area contributed by atoms with Gasteiger partial charge >= 0.3 is 12.0 Å². The van der Waals surface area contributed by atoms with Crippen LogP contribution in [0.2, 0.25) is 0 Å². The predicted octanol–water partition coefficient (Wildman–Crippen LogP) is 2.64. The molecule has 1 fully saturated rings. The van der Waals surface area contributed by atoms with Crippen molar-refractivity contribution in [2.24, 2.45) is 0 Å². The molecule has 0 unspecified atom stereocenters. The number of carbonyl (C=O) groups is 3. The van der Waals surface area contributed by atoms with Crippen molar-refractivity contribution in [3.05, 3.63) is 30.1 Å². The van der Waals surface area contributed by atoms with E-state index >= 15 is 0 Å². The van der Waals surface area contributed by atoms with Crippen LogP contribution in [-0.4, -0.2) is 48.1 Å². The number of nitrogens with zero attached hydrogens (tertiary/aromatic N) is 1. The molecule has 1 aromatic carbocycles. The van der Waals surface area contributed by atoms with E-state index in [1.165, 1.54) is 24.3 Å². The van der Waals surface area contributed by atoms with Gasteiger partial charge in [0, 0.05) is 0 Å². The highest BCUT2D eigenvalue weighted by atomic mass is 19.1. The van der Waals surface area contributed by atoms with E-state index in [0.717, 1.165) is 17.7 Å². The first-order valence-corrected chi connectivity index (χ1v) is 9.10. The Morgan fingerprint density at radius 3 is 2.33 bits per heavy atom. The van der Waals surface area contributed by atoms with Crippen molar-refractivity contribution in [3.8, 4) is 5.75 Å². The van der Waals surface area contributed by atoms with E-state index in [1.807, 2.05) is 13.8 Å².